The molecule has 1 atom stereocenters. The van der Waals surface area contributed by atoms with Gasteiger partial charge in [-0.2, -0.15) is 0 Å². The topological polar surface area (TPSA) is 60.2 Å². The molecule has 0 aliphatic heterocycles. The molecule has 0 saturated carbocycles. The van der Waals surface area contributed by atoms with Crippen molar-refractivity contribution in [1.29, 1.82) is 0 Å². The fourth-order valence-electron chi connectivity index (χ4n) is 0.566. The molecule has 10 heavy (non-hydrogen) atoms. The standard InChI is InChI=1S/C5H12INO2S/c1-5(6)3-2-4-10(7,8)9/h5H,2-4H2,1H3,(H2,7,8,9). The number of sulfonamides is 1. The monoisotopic (exact) mass is 277 g/mol. The van der Waals surface area contributed by atoms with Gasteiger partial charge in [0.2, 0.25) is 10.0 Å². The molecule has 0 rings (SSSR count). The van der Waals surface area contributed by atoms with Crippen LogP contribution < -0.4 is 5.14 Å². The summed E-state index contributed by atoms with van der Waals surface area (Å²) in [4.78, 5) is 0. The Balaban J connectivity index is 3.39. The fourth-order valence-corrected chi connectivity index (χ4v) is 1.58. The van der Waals surface area contributed by atoms with E-state index in [1.54, 1.807) is 0 Å². The Morgan fingerprint density at radius 1 is 1.60 bits per heavy atom. The van der Waals surface area contributed by atoms with Crippen LogP contribution in [0.3, 0.4) is 0 Å². The van der Waals surface area contributed by atoms with Crippen LogP contribution in [0.25, 0.3) is 0 Å². The third kappa shape index (κ3) is 8.64. The van der Waals surface area contributed by atoms with Gasteiger partial charge >= 0.3 is 0 Å². The van der Waals surface area contributed by atoms with Crippen LogP contribution in [-0.4, -0.2) is 18.1 Å². The van der Waals surface area contributed by atoms with E-state index >= 15 is 0 Å². The van der Waals surface area contributed by atoms with Gasteiger partial charge in [0.05, 0.1) is 5.75 Å². The molecule has 0 fully saturated rings. The van der Waals surface area contributed by atoms with Crippen LogP contribution in [0.1, 0.15) is 19.8 Å². The van der Waals surface area contributed by atoms with Gasteiger partial charge in [-0.15, -0.1) is 0 Å². The molecule has 0 saturated heterocycles. The van der Waals surface area contributed by atoms with E-state index in [1.807, 2.05) is 6.92 Å². The smallest absolute Gasteiger partial charge is 0.209 e. The molecular weight excluding hydrogens is 265 g/mol. The highest BCUT2D eigenvalue weighted by atomic mass is 127. The third-order valence-corrected chi connectivity index (χ3v) is 2.51. The molecular formula is C5H12INO2S. The molecule has 2 N–H and O–H groups in total. The molecule has 5 heteroatoms. The van der Waals surface area contributed by atoms with Crippen molar-refractivity contribution < 1.29 is 8.42 Å². The number of alkyl halides is 1. The highest BCUT2D eigenvalue weighted by Crippen LogP contribution is 2.07. The summed E-state index contributed by atoms with van der Waals surface area (Å²) in [5.41, 5.74) is 0. The molecule has 62 valence electrons. The van der Waals surface area contributed by atoms with Crippen molar-refractivity contribution in [3.05, 3.63) is 0 Å². The zero-order chi connectivity index (χ0) is 8.20. The lowest BCUT2D eigenvalue weighted by atomic mass is 10.3. The zero-order valence-electron chi connectivity index (χ0n) is 5.88. The van der Waals surface area contributed by atoms with Crippen LogP contribution in [0.5, 0.6) is 0 Å². The minimum absolute atomic E-state index is 0.111. The number of hydrogen-bond acceptors (Lipinski definition) is 2. The summed E-state index contributed by atoms with van der Waals surface area (Å²) < 4.78 is 21.3. The zero-order valence-corrected chi connectivity index (χ0v) is 8.85. The molecule has 1 unspecified atom stereocenters. The Hall–Kier alpha value is 0.640. The van der Waals surface area contributed by atoms with Crippen LogP contribution in [0, 0.1) is 0 Å². The molecule has 0 radical (unpaired) electrons. The average Bonchev–Trinajstić information content (AvgIpc) is 1.59. The first-order valence-corrected chi connectivity index (χ1v) is 6.02. The lowest BCUT2D eigenvalue weighted by molar-refractivity contribution is 0.593. The summed E-state index contributed by atoms with van der Waals surface area (Å²) in [5.74, 6) is 0.111. The lowest BCUT2D eigenvalue weighted by Gasteiger charge is -2.00. The molecule has 0 bridgehead atoms. The molecule has 0 spiro atoms. The number of nitrogens with two attached hydrogens (primary N) is 1. The molecule has 0 aromatic rings. The van der Waals surface area contributed by atoms with Gasteiger partial charge in [-0.05, 0) is 12.8 Å². The van der Waals surface area contributed by atoms with Crippen LogP contribution >= 0.6 is 22.6 Å². The minimum Gasteiger partial charge on any atom is -0.229 e. The maximum Gasteiger partial charge on any atom is 0.209 e. The Bertz CT molecular complexity index is 176. The van der Waals surface area contributed by atoms with E-state index in [4.69, 9.17) is 5.14 Å². The summed E-state index contributed by atoms with van der Waals surface area (Å²) in [7, 11) is -3.22. The molecule has 0 amide bonds. The van der Waals surface area contributed by atoms with Gasteiger partial charge < -0.3 is 0 Å². The van der Waals surface area contributed by atoms with E-state index in [9.17, 15) is 8.42 Å². The molecule has 0 aromatic heterocycles. The normalized spacial score (nSPS) is 15.1. The Morgan fingerprint density at radius 3 is 2.40 bits per heavy atom. The van der Waals surface area contributed by atoms with Gasteiger partial charge in [0, 0.05) is 3.92 Å². The van der Waals surface area contributed by atoms with E-state index in [1.165, 1.54) is 0 Å². The molecule has 0 aromatic carbocycles. The summed E-state index contributed by atoms with van der Waals surface area (Å²) in [6.07, 6.45) is 1.58. The molecule has 0 aliphatic rings. The van der Waals surface area contributed by atoms with Gasteiger partial charge in [0.25, 0.3) is 0 Å². The van der Waals surface area contributed by atoms with Crippen molar-refractivity contribution in [2.45, 2.75) is 23.7 Å². The van der Waals surface area contributed by atoms with Gasteiger partial charge in [-0.1, -0.05) is 29.5 Å². The van der Waals surface area contributed by atoms with Crippen molar-refractivity contribution in [3.63, 3.8) is 0 Å². The van der Waals surface area contributed by atoms with E-state index in [0.29, 0.717) is 10.3 Å². The predicted octanol–water partition coefficient (Wildman–Crippen LogP) is 0.879. The van der Waals surface area contributed by atoms with E-state index < -0.39 is 10.0 Å². The van der Waals surface area contributed by atoms with Gasteiger partial charge in [0.15, 0.2) is 0 Å². The van der Waals surface area contributed by atoms with E-state index in [-0.39, 0.29) is 5.75 Å². The first-order valence-electron chi connectivity index (χ1n) is 3.06. The van der Waals surface area contributed by atoms with Crippen molar-refractivity contribution >= 4 is 32.6 Å². The maximum atomic E-state index is 10.4. The van der Waals surface area contributed by atoms with Gasteiger partial charge in [0.1, 0.15) is 0 Å². The van der Waals surface area contributed by atoms with Crippen LogP contribution in [0.2, 0.25) is 0 Å². The average molecular weight is 277 g/mol. The second-order valence-electron chi connectivity index (χ2n) is 2.29. The summed E-state index contributed by atoms with van der Waals surface area (Å²) in [5, 5.41) is 4.79. The van der Waals surface area contributed by atoms with Crippen molar-refractivity contribution in [3.8, 4) is 0 Å². The van der Waals surface area contributed by atoms with Crippen LogP contribution in [-0.2, 0) is 10.0 Å². The first-order chi connectivity index (χ1) is 4.42. The highest BCUT2D eigenvalue weighted by Gasteiger charge is 2.02. The van der Waals surface area contributed by atoms with E-state index in [0.717, 1.165) is 6.42 Å². The van der Waals surface area contributed by atoms with E-state index in [2.05, 4.69) is 22.6 Å². The number of rotatable bonds is 4. The Morgan fingerprint density at radius 2 is 2.10 bits per heavy atom. The summed E-state index contributed by atoms with van der Waals surface area (Å²) in [6, 6.07) is 0. The summed E-state index contributed by atoms with van der Waals surface area (Å²) >= 11 is 2.26. The van der Waals surface area contributed by atoms with Crippen LogP contribution in [0.4, 0.5) is 0 Å². The summed E-state index contributed by atoms with van der Waals surface area (Å²) in [6.45, 7) is 2.05. The Kier molecular flexibility index (Phi) is 4.79. The maximum absolute atomic E-state index is 10.4. The fraction of sp³-hybridized carbons (Fsp3) is 1.00. The van der Waals surface area contributed by atoms with Crippen molar-refractivity contribution in [2.75, 3.05) is 5.75 Å². The molecule has 0 aliphatic carbocycles. The lowest BCUT2D eigenvalue weighted by Crippen LogP contribution is -2.16. The Labute approximate surface area is 75.6 Å². The second-order valence-corrected chi connectivity index (χ2v) is 6.15. The number of halogens is 1. The van der Waals surface area contributed by atoms with Crippen molar-refractivity contribution in [2.24, 2.45) is 5.14 Å². The largest absolute Gasteiger partial charge is 0.229 e. The van der Waals surface area contributed by atoms with Crippen molar-refractivity contribution in [1.82, 2.24) is 0 Å². The third-order valence-electron chi connectivity index (χ3n) is 1.03. The number of primary sulfonamides is 1. The SMILES string of the molecule is CC(I)CCCS(N)(=O)=O. The number of hydrogen-bond donors (Lipinski definition) is 1. The van der Waals surface area contributed by atoms with Crippen LogP contribution in [0.15, 0.2) is 0 Å². The predicted molar refractivity (Wildman–Crippen MR) is 50.7 cm³/mol. The highest BCUT2D eigenvalue weighted by molar-refractivity contribution is 14.1. The first kappa shape index (κ1) is 10.6. The van der Waals surface area contributed by atoms with Gasteiger partial charge in [-0.25, -0.2) is 13.6 Å². The second kappa shape index (κ2) is 4.50. The van der Waals surface area contributed by atoms with Gasteiger partial charge in [-0.3, -0.25) is 0 Å². The quantitative estimate of drug-likeness (QED) is 0.612. The molecule has 0 heterocycles. The molecule has 3 nitrogen and oxygen atoms in total. The minimum atomic E-state index is -3.22.